The molecular weight excluding hydrogens is 164 g/mol. The molecule has 0 amide bonds. The van der Waals surface area contributed by atoms with Gasteiger partial charge in [0.1, 0.15) is 0 Å². The second kappa shape index (κ2) is 5.72. The van der Waals surface area contributed by atoms with Crippen molar-refractivity contribution in [2.45, 2.75) is 26.4 Å². The number of hydrogen-bond donors (Lipinski definition) is 2. The third kappa shape index (κ3) is 3.16. The van der Waals surface area contributed by atoms with Crippen molar-refractivity contribution in [3.63, 3.8) is 0 Å². The van der Waals surface area contributed by atoms with E-state index in [2.05, 4.69) is 17.3 Å². The highest BCUT2D eigenvalue weighted by atomic mass is 15.3. The SMILES string of the molecule is CCn1nccc1CNCCCN. The van der Waals surface area contributed by atoms with Crippen LogP contribution >= 0.6 is 0 Å². The van der Waals surface area contributed by atoms with Gasteiger partial charge in [-0.1, -0.05) is 0 Å². The third-order valence-corrected chi connectivity index (χ3v) is 1.97. The van der Waals surface area contributed by atoms with Crippen LogP contribution in [0.3, 0.4) is 0 Å². The summed E-state index contributed by atoms with van der Waals surface area (Å²) < 4.78 is 2.00. The quantitative estimate of drug-likeness (QED) is 0.624. The zero-order chi connectivity index (χ0) is 9.52. The van der Waals surface area contributed by atoms with Gasteiger partial charge >= 0.3 is 0 Å². The molecular formula is C9H18N4. The highest BCUT2D eigenvalue weighted by molar-refractivity contribution is 4.99. The number of aryl methyl sites for hydroxylation is 1. The summed E-state index contributed by atoms with van der Waals surface area (Å²) in [5, 5.41) is 7.51. The lowest BCUT2D eigenvalue weighted by molar-refractivity contribution is 0.575. The molecule has 1 heterocycles. The lowest BCUT2D eigenvalue weighted by Crippen LogP contribution is -2.19. The predicted molar refractivity (Wildman–Crippen MR) is 53.3 cm³/mol. The van der Waals surface area contributed by atoms with E-state index < -0.39 is 0 Å². The number of nitrogens with one attached hydrogen (secondary N) is 1. The monoisotopic (exact) mass is 182 g/mol. The van der Waals surface area contributed by atoms with Gasteiger partial charge in [-0.15, -0.1) is 0 Å². The van der Waals surface area contributed by atoms with Crippen LogP contribution in [0, 0.1) is 0 Å². The fourth-order valence-electron chi connectivity index (χ4n) is 1.24. The molecule has 0 aliphatic rings. The first kappa shape index (κ1) is 10.2. The molecule has 0 spiro atoms. The molecule has 1 rings (SSSR count). The van der Waals surface area contributed by atoms with Gasteiger partial charge in [-0.2, -0.15) is 5.10 Å². The van der Waals surface area contributed by atoms with Crippen molar-refractivity contribution in [2.24, 2.45) is 5.73 Å². The predicted octanol–water partition coefficient (Wildman–Crippen LogP) is 0.341. The fourth-order valence-corrected chi connectivity index (χ4v) is 1.24. The topological polar surface area (TPSA) is 55.9 Å². The van der Waals surface area contributed by atoms with E-state index >= 15 is 0 Å². The Balaban J connectivity index is 2.27. The Morgan fingerprint density at radius 2 is 2.46 bits per heavy atom. The van der Waals surface area contributed by atoms with Gasteiger partial charge in [0, 0.05) is 19.3 Å². The van der Waals surface area contributed by atoms with Crippen molar-refractivity contribution in [3.8, 4) is 0 Å². The minimum absolute atomic E-state index is 0.750. The van der Waals surface area contributed by atoms with Crippen molar-refractivity contribution in [2.75, 3.05) is 13.1 Å². The molecule has 0 unspecified atom stereocenters. The molecule has 0 saturated heterocycles. The Morgan fingerprint density at radius 3 is 3.15 bits per heavy atom. The minimum atomic E-state index is 0.750. The highest BCUT2D eigenvalue weighted by Crippen LogP contribution is 1.97. The number of nitrogens with zero attached hydrogens (tertiary/aromatic N) is 2. The maximum Gasteiger partial charge on any atom is 0.0521 e. The van der Waals surface area contributed by atoms with Gasteiger partial charge < -0.3 is 11.1 Å². The Labute approximate surface area is 79.1 Å². The van der Waals surface area contributed by atoms with E-state index in [-0.39, 0.29) is 0 Å². The van der Waals surface area contributed by atoms with Gasteiger partial charge in [0.05, 0.1) is 5.69 Å². The first-order valence-electron chi connectivity index (χ1n) is 4.80. The minimum Gasteiger partial charge on any atom is -0.330 e. The number of hydrogen-bond acceptors (Lipinski definition) is 3. The molecule has 0 aliphatic carbocycles. The first-order chi connectivity index (χ1) is 6.38. The van der Waals surface area contributed by atoms with Crippen LogP contribution in [0.15, 0.2) is 12.3 Å². The molecule has 13 heavy (non-hydrogen) atoms. The second-order valence-electron chi connectivity index (χ2n) is 2.96. The number of nitrogens with two attached hydrogens (primary N) is 1. The smallest absolute Gasteiger partial charge is 0.0521 e. The second-order valence-corrected chi connectivity index (χ2v) is 2.96. The lowest BCUT2D eigenvalue weighted by Gasteiger charge is -2.05. The van der Waals surface area contributed by atoms with Crippen molar-refractivity contribution in [1.29, 1.82) is 0 Å². The largest absolute Gasteiger partial charge is 0.330 e. The van der Waals surface area contributed by atoms with E-state index in [0.717, 1.165) is 32.6 Å². The van der Waals surface area contributed by atoms with Crippen LogP contribution in [-0.4, -0.2) is 22.9 Å². The summed E-state index contributed by atoms with van der Waals surface area (Å²) in [4.78, 5) is 0. The molecule has 4 heteroatoms. The van der Waals surface area contributed by atoms with E-state index in [9.17, 15) is 0 Å². The van der Waals surface area contributed by atoms with Crippen LogP contribution in [-0.2, 0) is 13.1 Å². The molecule has 0 fully saturated rings. The van der Waals surface area contributed by atoms with Gasteiger partial charge in [0.15, 0.2) is 0 Å². The van der Waals surface area contributed by atoms with Crippen LogP contribution in [0.1, 0.15) is 19.0 Å². The van der Waals surface area contributed by atoms with E-state index in [1.54, 1.807) is 0 Å². The molecule has 1 aromatic heterocycles. The Hall–Kier alpha value is -0.870. The molecule has 1 aromatic rings. The van der Waals surface area contributed by atoms with Crippen LogP contribution in [0.2, 0.25) is 0 Å². The Morgan fingerprint density at radius 1 is 1.62 bits per heavy atom. The Bertz CT molecular complexity index is 231. The van der Waals surface area contributed by atoms with Crippen molar-refractivity contribution >= 4 is 0 Å². The van der Waals surface area contributed by atoms with Gasteiger partial charge in [-0.25, -0.2) is 0 Å². The number of rotatable bonds is 6. The first-order valence-corrected chi connectivity index (χ1v) is 4.80. The van der Waals surface area contributed by atoms with Gasteiger partial charge in [-0.05, 0) is 32.5 Å². The van der Waals surface area contributed by atoms with Crippen LogP contribution < -0.4 is 11.1 Å². The Kier molecular flexibility index (Phi) is 4.49. The zero-order valence-electron chi connectivity index (χ0n) is 8.16. The molecule has 0 radical (unpaired) electrons. The van der Waals surface area contributed by atoms with Crippen LogP contribution in [0.25, 0.3) is 0 Å². The maximum atomic E-state index is 5.39. The van der Waals surface area contributed by atoms with Gasteiger partial charge in [0.25, 0.3) is 0 Å². The van der Waals surface area contributed by atoms with E-state index in [1.165, 1.54) is 5.69 Å². The van der Waals surface area contributed by atoms with Crippen LogP contribution in [0.5, 0.6) is 0 Å². The van der Waals surface area contributed by atoms with Crippen molar-refractivity contribution < 1.29 is 0 Å². The van der Waals surface area contributed by atoms with E-state index in [0.29, 0.717) is 0 Å². The van der Waals surface area contributed by atoms with E-state index in [4.69, 9.17) is 5.73 Å². The third-order valence-electron chi connectivity index (χ3n) is 1.97. The summed E-state index contributed by atoms with van der Waals surface area (Å²) in [6.07, 6.45) is 2.86. The number of aromatic nitrogens is 2. The normalized spacial score (nSPS) is 10.6. The average molecular weight is 182 g/mol. The van der Waals surface area contributed by atoms with Gasteiger partial charge in [-0.3, -0.25) is 4.68 Å². The van der Waals surface area contributed by atoms with Crippen LogP contribution in [0.4, 0.5) is 0 Å². The molecule has 0 atom stereocenters. The summed E-state index contributed by atoms with van der Waals surface area (Å²) >= 11 is 0. The molecule has 74 valence electrons. The highest BCUT2D eigenvalue weighted by Gasteiger charge is 1.98. The van der Waals surface area contributed by atoms with Crippen molar-refractivity contribution in [1.82, 2.24) is 15.1 Å². The molecule has 0 aliphatic heterocycles. The van der Waals surface area contributed by atoms with Gasteiger partial charge in [0.2, 0.25) is 0 Å². The summed E-state index contributed by atoms with van der Waals surface area (Å²) in [5.74, 6) is 0. The van der Waals surface area contributed by atoms with Crippen molar-refractivity contribution in [3.05, 3.63) is 18.0 Å². The zero-order valence-corrected chi connectivity index (χ0v) is 8.16. The standard InChI is InChI=1S/C9H18N4/c1-2-13-9(4-7-12-13)8-11-6-3-5-10/h4,7,11H,2-3,5-6,8,10H2,1H3. The fraction of sp³-hybridized carbons (Fsp3) is 0.667. The molecule has 3 N–H and O–H groups in total. The summed E-state index contributed by atoms with van der Waals surface area (Å²) in [7, 11) is 0. The summed E-state index contributed by atoms with van der Waals surface area (Å²) in [6.45, 7) is 5.64. The molecule has 0 bridgehead atoms. The average Bonchev–Trinajstić information content (AvgIpc) is 2.60. The maximum absolute atomic E-state index is 5.39. The summed E-state index contributed by atoms with van der Waals surface area (Å²) in [5.41, 5.74) is 6.62. The molecule has 0 aromatic carbocycles. The molecule has 4 nitrogen and oxygen atoms in total. The summed E-state index contributed by atoms with van der Waals surface area (Å²) in [6, 6.07) is 2.04. The lowest BCUT2D eigenvalue weighted by atomic mass is 10.4. The van der Waals surface area contributed by atoms with E-state index in [1.807, 2.05) is 16.9 Å². The molecule has 0 saturated carbocycles.